The van der Waals surface area contributed by atoms with Crippen molar-refractivity contribution in [3.05, 3.63) is 52.9 Å². The zero-order chi connectivity index (χ0) is 18.3. The van der Waals surface area contributed by atoms with Crippen LogP contribution in [-0.4, -0.2) is 22.2 Å². The van der Waals surface area contributed by atoms with E-state index in [0.717, 1.165) is 18.5 Å². The van der Waals surface area contributed by atoms with Crippen LogP contribution < -0.4 is 21.3 Å². The van der Waals surface area contributed by atoms with Crippen LogP contribution in [0.15, 0.2) is 47.4 Å². The molecular formula is C18H16F2N4O2. The maximum absolute atomic E-state index is 12.5. The first-order chi connectivity index (χ1) is 12.5. The van der Waals surface area contributed by atoms with Gasteiger partial charge >= 0.3 is 6.61 Å². The van der Waals surface area contributed by atoms with Crippen molar-refractivity contribution in [3.63, 3.8) is 0 Å². The van der Waals surface area contributed by atoms with E-state index in [1.807, 2.05) is 6.07 Å². The summed E-state index contributed by atoms with van der Waals surface area (Å²) in [7, 11) is 0. The molecule has 1 aliphatic carbocycles. The van der Waals surface area contributed by atoms with Crippen LogP contribution in [0.3, 0.4) is 0 Å². The summed E-state index contributed by atoms with van der Waals surface area (Å²) < 4.78 is 30.4. The summed E-state index contributed by atoms with van der Waals surface area (Å²) >= 11 is 0. The molecule has 0 atom stereocenters. The first-order valence-electron chi connectivity index (χ1n) is 8.14. The molecule has 8 heteroatoms. The third kappa shape index (κ3) is 3.17. The first-order valence-corrected chi connectivity index (χ1v) is 8.14. The first kappa shape index (κ1) is 16.3. The van der Waals surface area contributed by atoms with Crippen LogP contribution in [-0.2, 0) is 0 Å². The van der Waals surface area contributed by atoms with E-state index in [4.69, 9.17) is 5.73 Å². The van der Waals surface area contributed by atoms with Gasteiger partial charge in [0.1, 0.15) is 11.3 Å². The van der Waals surface area contributed by atoms with Crippen LogP contribution in [0.5, 0.6) is 5.75 Å². The van der Waals surface area contributed by atoms with E-state index < -0.39 is 6.61 Å². The van der Waals surface area contributed by atoms with Crippen molar-refractivity contribution >= 4 is 22.4 Å². The number of ether oxygens (including phenoxy) is 1. The van der Waals surface area contributed by atoms with Gasteiger partial charge in [0, 0.05) is 17.8 Å². The molecule has 0 saturated heterocycles. The number of aromatic nitrogens is 2. The highest BCUT2D eigenvalue weighted by Gasteiger charge is 2.21. The molecule has 4 rings (SSSR count). The van der Waals surface area contributed by atoms with Crippen molar-refractivity contribution in [1.29, 1.82) is 0 Å². The van der Waals surface area contributed by atoms with E-state index in [-0.39, 0.29) is 17.0 Å². The Morgan fingerprint density at radius 3 is 2.62 bits per heavy atom. The Hall–Kier alpha value is -3.16. The van der Waals surface area contributed by atoms with Crippen LogP contribution in [0.25, 0.3) is 16.7 Å². The van der Waals surface area contributed by atoms with Gasteiger partial charge in [-0.25, -0.2) is 0 Å². The monoisotopic (exact) mass is 358 g/mol. The van der Waals surface area contributed by atoms with Gasteiger partial charge in [-0.15, -0.1) is 0 Å². The summed E-state index contributed by atoms with van der Waals surface area (Å²) in [6.07, 6.45) is 3.89. The molecule has 1 aliphatic rings. The minimum Gasteiger partial charge on any atom is -0.435 e. The molecule has 2 heterocycles. The summed E-state index contributed by atoms with van der Waals surface area (Å²) in [5.74, 6) is 0.0192. The maximum atomic E-state index is 12.5. The lowest BCUT2D eigenvalue weighted by atomic mass is 10.2. The number of anilines is 2. The minimum absolute atomic E-state index is 0.0192. The molecule has 1 fully saturated rings. The molecule has 1 saturated carbocycles. The smallest absolute Gasteiger partial charge is 0.387 e. The van der Waals surface area contributed by atoms with Crippen molar-refractivity contribution in [1.82, 2.24) is 9.55 Å². The number of halogens is 2. The highest BCUT2D eigenvalue weighted by molar-refractivity contribution is 5.89. The van der Waals surface area contributed by atoms with Gasteiger partial charge in [-0.05, 0) is 43.2 Å². The molecule has 0 aliphatic heterocycles. The number of pyridine rings is 2. The van der Waals surface area contributed by atoms with Gasteiger partial charge in [0.05, 0.1) is 23.1 Å². The van der Waals surface area contributed by atoms with E-state index in [2.05, 4.69) is 15.0 Å². The number of nitrogens with zero attached hydrogens (tertiary/aromatic N) is 2. The lowest BCUT2D eigenvalue weighted by Crippen LogP contribution is -2.19. The molecule has 6 nitrogen and oxygen atoms in total. The number of rotatable bonds is 5. The fourth-order valence-electron chi connectivity index (χ4n) is 2.82. The van der Waals surface area contributed by atoms with Crippen molar-refractivity contribution in [2.24, 2.45) is 0 Å². The Kier molecular flexibility index (Phi) is 3.95. The molecule has 3 N–H and O–H groups in total. The van der Waals surface area contributed by atoms with Crippen molar-refractivity contribution in [2.75, 3.05) is 11.1 Å². The van der Waals surface area contributed by atoms with E-state index in [1.54, 1.807) is 6.20 Å². The third-order valence-electron chi connectivity index (χ3n) is 4.15. The molecule has 0 bridgehead atoms. The molecular weight excluding hydrogens is 342 g/mol. The number of hydrogen-bond donors (Lipinski definition) is 2. The summed E-state index contributed by atoms with van der Waals surface area (Å²) in [4.78, 5) is 16.9. The SMILES string of the molecule is Nc1cc(=O)n(-c2ccc(OC(F)F)cc2)c2cc(NC3CC3)cnc12. The van der Waals surface area contributed by atoms with E-state index in [9.17, 15) is 13.6 Å². The lowest BCUT2D eigenvalue weighted by molar-refractivity contribution is -0.0498. The highest BCUT2D eigenvalue weighted by Crippen LogP contribution is 2.28. The summed E-state index contributed by atoms with van der Waals surface area (Å²) in [6.45, 7) is -2.90. The van der Waals surface area contributed by atoms with Crippen LogP contribution in [0.4, 0.5) is 20.2 Å². The van der Waals surface area contributed by atoms with Crippen LogP contribution in [0.1, 0.15) is 12.8 Å². The van der Waals surface area contributed by atoms with E-state index >= 15 is 0 Å². The van der Waals surface area contributed by atoms with Crippen molar-refractivity contribution in [3.8, 4) is 11.4 Å². The Labute approximate surface area is 147 Å². The predicted molar refractivity (Wildman–Crippen MR) is 95.0 cm³/mol. The molecule has 26 heavy (non-hydrogen) atoms. The Morgan fingerprint density at radius 1 is 1.23 bits per heavy atom. The molecule has 0 radical (unpaired) electrons. The number of benzene rings is 1. The zero-order valence-electron chi connectivity index (χ0n) is 13.7. The normalized spacial score (nSPS) is 14.0. The fraction of sp³-hybridized carbons (Fsp3) is 0.222. The van der Waals surface area contributed by atoms with E-state index in [1.165, 1.54) is 34.9 Å². The molecule has 0 spiro atoms. The molecule has 3 aromatic rings. The third-order valence-corrected chi connectivity index (χ3v) is 4.15. The van der Waals surface area contributed by atoms with Crippen molar-refractivity contribution < 1.29 is 13.5 Å². The Bertz CT molecular complexity index is 1010. The van der Waals surface area contributed by atoms with Gasteiger partial charge < -0.3 is 15.8 Å². The standard InChI is InChI=1S/C18H16F2N4O2/c19-18(20)26-13-5-3-12(4-6-13)24-15-7-11(23-10-1-2-10)9-22-17(15)14(21)8-16(24)25/h3-10,18,23H,1-2,21H2. The number of nitrogens with one attached hydrogen (secondary N) is 1. The van der Waals surface area contributed by atoms with Gasteiger partial charge in [-0.2, -0.15) is 8.78 Å². The number of nitrogens with two attached hydrogens (primary N) is 1. The van der Waals surface area contributed by atoms with Gasteiger partial charge in [-0.3, -0.25) is 14.3 Å². The topological polar surface area (TPSA) is 82.2 Å². The average molecular weight is 358 g/mol. The molecule has 2 aromatic heterocycles. The summed E-state index contributed by atoms with van der Waals surface area (Å²) in [5.41, 5.74) is 8.26. The number of alkyl halides is 2. The quantitative estimate of drug-likeness (QED) is 0.732. The number of hydrogen-bond acceptors (Lipinski definition) is 5. The maximum Gasteiger partial charge on any atom is 0.387 e. The lowest BCUT2D eigenvalue weighted by Gasteiger charge is -2.14. The molecule has 0 unspecified atom stereocenters. The fourth-order valence-corrected chi connectivity index (χ4v) is 2.82. The zero-order valence-corrected chi connectivity index (χ0v) is 13.7. The summed E-state index contributed by atoms with van der Waals surface area (Å²) in [6, 6.07) is 9.40. The molecule has 1 aromatic carbocycles. The van der Waals surface area contributed by atoms with Gasteiger partial charge in [0.2, 0.25) is 0 Å². The minimum atomic E-state index is -2.90. The predicted octanol–water partition coefficient (Wildman–Crippen LogP) is 3.14. The van der Waals surface area contributed by atoms with Crippen LogP contribution in [0, 0.1) is 0 Å². The second-order valence-corrected chi connectivity index (χ2v) is 6.16. The van der Waals surface area contributed by atoms with Crippen LogP contribution >= 0.6 is 0 Å². The van der Waals surface area contributed by atoms with Gasteiger partial charge in [0.15, 0.2) is 0 Å². The average Bonchev–Trinajstić information content (AvgIpc) is 3.39. The van der Waals surface area contributed by atoms with Crippen LogP contribution in [0.2, 0.25) is 0 Å². The van der Waals surface area contributed by atoms with Gasteiger partial charge in [-0.1, -0.05) is 0 Å². The van der Waals surface area contributed by atoms with Crippen molar-refractivity contribution in [2.45, 2.75) is 25.5 Å². The molecule has 134 valence electrons. The Morgan fingerprint density at radius 2 is 1.96 bits per heavy atom. The molecule has 0 amide bonds. The number of fused-ring (bicyclic) bond motifs is 1. The largest absolute Gasteiger partial charge is 0.435 e. The van der Waals surface area contributed by atoms with Gasteiger partial charge in [0.25, 0.3) is 5.56 Å². The second-order valence-electron chi connectivity index (χ2n) is 6.16. The highest BCUT2D eigenvalue weighted by atomic mass is 19.3. The second kappa shape index (κ2) is 6.29. The Balaban J connectivity index is 1.83. The van der Waals surface area contributed by atoms with E-state index in [0.29, 0.717) is 22.8 Å². The summed E-state index contributed by atoms with van der Waals surface area (Å²) in [5, 5.41) is 3.33. The number of nitrogen functional groups attached to an aromatic ring is 1.